The van der Waals surface area contributed by atoms with Gasteiger partial charge in [-0.25, -0.2) is 0 Å². The van der Waals surface area contributed by atoms with Gasteiger partial charge in [0.2, 0.25) is 11.8 Å². The number of halogens is 1. The van der Waals surface area contributed by atoms with Gasteiger partial charge in [0.25, 0.3) is 0 Å². The van der Waals surface area contributed by atoms with E-state index in [4.69, 9.17) is 16.3 Å². The van der Waals surface area contributed by atoms with Crippen LogP contribution >= 0.6 is 11.6 Å². The van der Waals surface area contributed by atoms with Gasteiger partial charge in [0.05, 0.1) is 13.2 Å². The Kier molecular flexibility index (Phi) is 7.96. The van der Waals surface area contributed by atoms with Crippen molar-refractivity contribution >= 4 is 29.1 Å². The fraction of sp³-hybridized carbons (Fsp3) is 0.300. The molecule has 0 unspecified atom stereocenters. The van der Waals surface area contributed by atoms with Crippen molar-refractivity contribution in [1.29, 1.82) is 0 Å². The molecule has 6 heteroatoms. The van der Waals surface area contributed by atoms with Crippen LogP contribution in [0.25, 0.3) is 0 Å². The van der Waals surface area contributed by atoms with E-state index in [0.29, 0.717) is 30.2 Å². The molecule has 0 aromatic heterocycles. The fourth-order valence-electron chi connectivity index (χ4n) is 2.29. The van der Waals surface area contributed by atoms with Gasteiger partial charge in [0.15, 0.2) is 0 Å². The summed E-state index contributed by atoms with van der Waals surface area (Å²) in [4.78, 5) is 23.6. The number of amides is 2. The molecule has 138 valence electrons. The van der Waals surface area contributed by atoms with E-state index in [9.17, 15) is 9.59 Å². The third kappa shape index (κ3) is 7.57. The second-order valence-electron chi connectivity index (χ2n) is 5.95. The second-order valence-corrected chi connectivity index (χ2v) is 6.39. The highest BCUT2D eigenvalue weighted by Gasteiger charge is 2.06. The number of rotatable bonds is 9. The summed E-state index contributed by atoms with van der Waals surface area (Å²) >= 11 is 5.78. The first-order chi connectivity index (χ1) is 12.5. The molecule has 0 aliphatic rings. The zero-order valence-electron chi connectivity index (χ0n) is 14.8. The minimum atomic E-state index is -0.275. The smallest absolute Gasteiger partial charge is 0.243 e. The summed E-state index contributed by atoms with van der Waals surface area (Å²) < 4.78 is 5.64. The average molecular weight is 375 g/mol. The highest BCUT2D eigenvalue weighted by molar-refractivity contribution is 6.30. The number of nitrogens with one attached hydrogen (secondary N) is 2. The number of carbonyl (C=O) groups excluding carboxylic acids is 2. The molecule has 0 aliphatic heterocycles. The Morgan fingerprint density at radius 2 is 1.81 bits per heavy atom. The van der Waals surface area contributed by atoms with Crippen molar-refractivity contribution in [2.45, 2.75) is 26.2 Å². The molecule has 0 aliphatic carbocycles. The van der Waals surface area contributed by atoms with Crippen LogP contribution in [0.3, 0.4) is 0 Å². The Bertz CT molecular complexity index is 732. The SMILES string of the molecule is Cc1cccc(OCCCCC(=O)NCC(=O)Nc2ccc(Cl)cc2)c1. The van der Waals surface area contributed by atoms with Crippen LogP contribution in [0, 0.1) is 6.92 Å². The van der Waals surface area contributed by atoms with Crippen LogP contribution in [0.1, 0.15) is 24.8 Å². The zero-order chi connectivity index (χ0) is 18.8. The lowest BCUT2D eigenvalue weighted by atomic mass is 10.2. The van der Waals surface area contributed by atoms with E-state index in [-0.39, 0.29) is 18.4 Å². The highest BCUT2D eigenvalue weighted by atomic mass is 35.5. The zero-order valence-corrected chi connectivity index (χ0v) is 15.5. The summed E-state index contributed by atoms with van der Waals surface area (Å²) in [6.07, 6.45) is 1.85. The van der Waals surface area contributed by atoms with Crippen molar-refractivity contribution in [1.82, 2.24) is 5.32 Å². The van der Waals surface area contributed by atoms with Gasteiger partial charge in [-0.3, -0.25) is 9.59 Å². The van der Waals surface area contributed by atoms with Gasteiger partial charge in [0.1, 0.15) is 5.75 Å². The molecule has 0 atom stereocenters. The van der Waals surface area contributed by atoms with Gasteiger partial charge in [-0.15, -0.1) is 0 Å². The third-order valence-electron chi connectivity index (χ3n) is 3.63. The molecule has 2 N–H and O–H groups in total. The predicted octanol–water partition coefficient (Wildman–Crippen LogP) is 3.95. The Morgan fingerprint density at radius 3 is 2.54 bits per heavy atom. The van der Waals surface area contributed by atoms with Crippen molar-refractivity contribution in [2.75, 3.05) is 18.5 Å². The average Bonchev–Trinajstić information content (AvgIpc) is 2.62. The molecular formula is C20H23ClN2O3. The van der Waals surface area contributed by atoms with Crippen LogP contribution in [0.5, 0.6) is 5.75 Å². The second kappa shape index (κ2) is 10.5. The van der Waals surface area contributed by atoms with Crippen LogP contribution in [0.2, 0.25) is 5.02 Å². The number of benzene rings is 2. The van der Waals surface area contributed by atoms with Gasteiger partial charge in [0, 0.05) is 17.1 Å². The molecule has 0 saturated carbocycles. The number of anilines is 1. The van der Waals surface area contributed by atoms with Crippen molar-refractivity contribution in [2.24, 2.45) is 0 Å². The summed E-state index contributed by atoms with van der Waals surface area (Å²) in [6.45, 7) is 2.52. The van der Waals surface area contributed by atoms with E-state index in [2.05, 4.69) is 10.6 Å². The summed E-state index contributed by atoms with van der Waals surface area (Å²) in [5, 5.41) is 5.90. The molecule has 2 aromatic carbocycles. The van der Waals surface area contributed by atoms with Crippen LogP contribution in [-0.2, 0) is 9.59 Å². The number of hydrogen-bond acceptors (Lipinski definition) is 3. The van der Waals surface area contributed by atoms with E-state index in [1.807, 2.05) is 31.2 Å². The summed E-state index contributed by atoms with van der Waals surface area (Å²) in [5.41, 5.74) is 1.79. The Morgan fingerprint density at radius 1 is 1.04 bits per heavy atom. The lowest BCUT2D eigenvalue weighted by Gasteiger charge is -2.08. The Balaban J connectivity index is 1.55. The minimum Gasteiger partial charge on any atom is -0.494 e. The summed E-state index contributed by atoms with van der Waals surface area (Å²) in [7, 11) is 0. The standard InChI is InChI=1S/C20H23ClN2O3/c1-15-5-4-6-18(13-15)26-12-3-2-7-19(24)22-14-20(25)23-17-10-8-16(21)9-11-17/h4-6,8-11,13H,2-3,7,12,14H2,1H3,(H,22,24)(H,23,25). The van der Waals surface area contributed by atoms with Gasteiger partial charge in [-0.05, 0) is 61.7 Å². The first kappa shape index (κ1) is 19.8. The van der Waals surface area contributed by atoms with E-state index >= 15 is 0 Å². The molecule has 2 rings (SSSR count). The number of hydrogen-bond donors (Lipinski definition) is 2. The molecular weight excluding hydrogens is 352 g/mol. The first-order valence-corrected chi connectivity index (χ1v) is 8.92. The van der Waals surface area contributed by atoms with Crippen LogP contribution in [0.4, 0.5) is 5.69 Å². The number of aryl methyl sites for hydroxylation is 1. The van der Waals surface area contributed by atoms with E-state index in [0.717, 1.165) is 17.7 Å². The maximum absolute atomic E-state index is 11.8. The van der Waals surface area contributed by atoms with Crippen LogP contribution < -0.4 is 15.4 Å². The van der Waals surface area contributed by atoms with Crippen LogP contribution in [0.15, 0.2) is 48.5 Å². The molecule has 0 bridgehead atoms. The molecule has 0 fully saturated rings. The van der Waals surface area contributed by atoms with Gasteiger partial charge < -0.3 is 15.4 Å². The van der Waals surface area contributed by atoms with E-state index in [1.54, 1.807) is 24.3 Å². The maximum atomic E-state index is 11.8. The van der Waals surface area contributed by atoms with Gasteiger partial charge in [-0.1, -0.05) is 23.7 Å². The summed E-state index contributed by atoms with van der Waals surface area (Å²) in [5.74, 6) is 0.420. The summed E-state index contributed by atoms with van der Waals surface area (Å²) in [6, 6.07) is 14.6. The number of carbonyl (C=O) groups is 2. The molecule has 0 heterocycles. The van der Waals surface area contributed by atoms with E-state index in [1.165, 1.54) is 0 Å². The minimum absolute atomic E-state index is 0.0543. The van der Waals surface area contributed by atoms with Gasteiger partial charge >= 0.3 is 0 Å². The molecule has 5 nitrogen and oxygen atoms in total. The molecule has 26 heavy (non-hydrogen) atoms. The maximum Gasteiger partial charge on any atom is 0.243 e. The number of unbranched alkanes of at least 4 members (excludes halogenated alkanes) is 1. The normalized spacial score (nSPS) is 10.2. The predicted molar refractivity (Wildman–Crippen MR) is 104 cm³/mol. The third-order valence-corrected chi connectivity index (χ3v) is 3.88. The van der Waals surface area contributed by atoms with Crippen molar-refractivity contribution in [3.05, 3.63) is 59.1 Å². The Labute approximate surface area is 158 Å². The van der Waals surface area contributed by atoms with E-state index < -0.39 is 0 Å². The molecule has 0 spiro atoms. The van der Waals surface area contributed by atoms with Crippen molar-refractivity contribution in [3.63, 3.8) is 0 Å². The largest absolute Gasteiger partial charge is 0.494 e. The monoisotopic (exact) mass is 374 g/mol. The lowest BCUT2D eigenvalue weighted by Crippen LogP contribution is -2.32. The highest BCUT2D eigenvalue weighted by Crippen LogP contribution is 2.14. The molecule has 0 saturated heterocycles. The molecule has 0 radical (unpaired) electrons. The Hall–Kier alpha value is -2.53. The van der Waals surface area contributed by atoms with Gasteiger partial charge in [-0.2, -0.15) is 0 Å². The molecule has 2 aromatic rings. The molecule has 2 amide bonds. The first-order valence-electron chi connectivity index (χ1n) is 8.54. The fourth-order valence-corrected chi connectivity index (χ4v) is 2.41. The number of ether oxygens (including phenoxy) is 1. The van der Waals surface area contributed by atoms with Crippen LogP contribution in [-0.4, -0.2) is 25.0 Å². The lowest BCUT2D eigenvalue weighted by molar-refractivity contribution is -0.124. The van der Waals surface area contributed by atoms with Crippen molar-refractivity contribution < 1.29 is 14.3 Å². The van der Waals surface area contributed by atoms with Crippen molar-refractivity contribution in [3.8, 4) is 5.75 Å². The quantitative estimate of drug-likeness (QED) is 0.653. The topological polar surface area (TPSA) is 67.4 Å².